The van der Waals surface area contributed by atoms with Gasteiger partial charge in [0.1, 0.15) is 0 Å². The molecule has 72 heavy (non-hydrogen) atoms. The van der Waals surface area contributed by atoms with Crippen LogP contribution in [0.5, 0.6) is 0 Å². The third-order valence-corrected chi connectivity index (χ3v) is 13.9. The second kappa shape index (κ2) is 17.0. The predicted molar refractivity (Wildman–Crippen MR) is 296 cm³/mol. The smallest absolute Gasteiger partial charge is 0.160 e. The Morgan fingerprint density at radius 3 is 0.986 bits per heavy atom. The highest BCUT2D eigenvalue weighted by molar-refractivity contribution is 6.15. The zero-order valence-corrected chi connectivity index (χ0v) is 38.8. The summed E-state index contributed by atoms with van der Waals surface area (Å²) in [5, 5.41) is 11.5. The molecule has 0 aliphatic carbocycles. The molecule has 10 aromatic carbocycles. The van der Waals surface area contributed by atoms with Gasteiger partial charge in [-0.15, -0.1) is 0 Å². The summed E-state index contributed by atoms with van der Waals surface area (Å²) < 4.78 is 0. The molecule has 0 aliphatic heterocycles. The van der Waals surface area contributed by atoms with Crippen LogP contribution in [0.25, 0.3) is 144 Å². The van der Waals surface area contributed by atoms with E-state index in [1.807, 2.05) is 48.8 Å². The van der Waals surface area contributed by atoms with Crippen molar-refractivity contribution in [3.8, 4) is 78.9 Å². The first kappa shape index (κ1) is 41.2. The molecule has 6 heteroatoms. The van der Waals surface area contributed by atoms with Gasteiger partial charge in [0.15, 0.2) is 11.6 Å². The van der Waals surface area contributed by atoms with Crippen molar-refractivity contribution in [1.29, 1.82) is 0 Å². The lowest BCUT2D eigenvalue weighted by molar-refractivity contribution is 1.18. The Bertz CT molecular complexity index is 4160. The second-order valence-electron chi connectivity index (χ2n) is 18.3. The average Bonchev–Trinajstić information content (AvgIpc) is 3.46. The van der Waals surface area contributed by atoms with Crippen molar-refractivity contribution >= 4 is 64.9 Å². The molecule has 0 saturated carbocycles. The molecule has 0 atom stereocenters. The summed E-state index contributed by atoms with van der Waals surface area (Å²) in [5.41, 5.74) is 13.2. The fraction of sp³-hybridized carbons (Fsp3) is 0. The topological polar surface area (TPSA) is 77.3 Å². The zero-order valence-electron chi connectivity index (χ0n) is 38.8. The molecular weight excluding hydrogens is 877 g/mol. The van der Waals surface area contributed by atoms with Gasteiger partial charge in [-0.25, -0.2) is 19.9 Å². The lowest BCUT2D eigenvalue weighted by Crippen LogP contribution is -1.97. The van der Waals surface area contributed by atoms with Gasteiger partial charge in [-0.05, 0) is 103 Å². The Hall–Kier alpha value is -9.78. The maximum atomic E-state index is 5.32. The maximum absolute atomic E-state index is 5.32. The van der Waals surface area contributed by atoms with Gasteiger partial charge in [-0.2, -0.15) is 0 Å². The largest absolute Gasteiger partial charge is 0.256 e. The molecule has 14 aromatic rings. The molecule has 4 heterocycles. The van der Waals surface area contributed by atoms with Crippen molar-refractivity contribution < 1.29 is 0 Å². The van der Waals surface area contributed by atoms with Crippen LogP contribution in [0, 0.1) is 0 Å². The molecule has 0 bridgehead atoms. The van der Waals surface area contributed by atoms with Crippen LogP contribution in [0.1, 0.15) is 0 Å². The van der Waals surface area contributed by atoms with Gasteiger partial charge in [0.25, 0.3) is 0 Å². The van der Waals surface area contributed by atoms with E-state index in [9.17, 15) is 0 Å². The highest BCUT2D eigenvalue weighted by Crippen LogP contribution is 2.39. The Morgan fingerprint density at radius 2 is 0.556 bits per heavy atom. The van der Waals surface area contributed by atoms with Gasteiger partial charge < -0.3 is 0 Å². The van der Waals surface area contributed by atoms with Crippen LogP contribution >= 0.6 is 0 Å². The molecule has 0 spiro atoms. The Balaban J connectivity index is 0.851. The summed E-state index contributed by atoms with van der Waals surface area (Å²) in [5.74, 6) is 1.28. The fourth-order valence-corrected chi connectivity index (χ4v) is 10.3. The van der Waals surface area contributed by atoms with E-state index in [1.54, 1.807) is 0 Å². The number of benzene rings is 10. The van der Waals surface area contributed by atoms with Crippen LogP contribution in [0.4, 0.5) is 0 Å². The van der Waals surface area contributed by atoms with Gasteiger partial charge in [-0.1, -0.05) is 182 Å². The number of para-hydroxylation sites is 2. The van der Waals surface area contributed by atoms with Crippen LogP contribution in [-0.4, -0.2) is 29.9 Å². The van der Waals surface area contributed by atoms with E-state index < -0.39 is 0 Å². The van der Waals surface area contributed by atoms with Crippen LogP contribution in [0.3, 0.4) is 0 Å². The molecule has 0 N–H and O–H groups in total. The van der Waals surface area contributed by atoms with E-state index in [4.69, 9.17) is 29.9 Å². The van der Waals surface area contributed by atoms with Gasteiger partial charge >= 0.3 is 0 Å². The minimum absolute atomic E-state index is 0.642. The van der Waals surface area contributed by atoms with Crippen LogP contribution < -0.4 is 0 Å². The van der Waals surface area contributed by atoms with Crippen molar-refractivity contribution in [3.05, 3.63) is 243 Å². The summed E-state index contributed by atoms with van der Waals surface area (Å²) in [6, 6.07) is 80.8. The fourth-order valence-electron chi connectivity index (χ4n) is 10.3. The lowest BCUT2D eigenvalue weighted by Gasteiger charge is -2.14. The number of hydrogen-bond donors (Lipinski definition) is 0. The first-order valence-corrected chi connectivity index (χ1v) is 24.2. The monoisotopic (exact) mass is 916 g/mol. The summed E-state index contributed by atoms with van der Waals surface area (Å²) in [6.45, 7) is 0. The third kappa shape index (κ3) is 7.29. The van der Waals surface area contributed by atoms with E-state index in [0.717, 1.165) is 111 Å². The third-order valence-electron chi connectivity index (χ3n) is 13.9. The number of nitrogens with zero attached hydrogens (tertiary/aromatic N) is 6. The normalized spacial score (nSPS) is 11.6. The van der Waals surface area contributed by atoms with Crippen molar-refractivity contribution in [3.63, 3.8) is 0 Å². The van der Waals surface area contributed by atoms with Crippen LogP contribution in [-0.2, 0) is 0 Å². The number of fused-ring (bicyclic) bond motifs is 8. The summed E-state index contributed by atoms with van der Waals surface area (Å²) in [6.07, 6.45) is 3.83. The SMILES string of the molecule is c1ccc2ncc(-c3cc(-c4cc5ccccc5c5ccccc45)nc(-c4ccc(-c5ccc(-c6nc(-c7cnc8ccccc8c7)cc(-c7cc8ccccc8c8ccccc78)n6)cc5)cc4)n3)cc2c1. The van der Waals surface area contributed by atoms with E-state index in [1.165, 1.54) is 21.5 Å². The standard InChI is InChI=1S/C66H40N6/c1-5-17-51-45(13-1)35-57(55-21-9-7-19-53(51)55)63-37-61(49-33-47-15-3-11-23-59(47)67-39-49)69-65(71-63)43-29-25-41(26-30-43)42-27-31-44(32-28-42)66-70-62(50-34-48-16-4-12-24-60(48)68-40-50)38-64(72-66)58-36-46-14-2-6-18-52(46)54-20-8-10-22-56(54)58/h1-40H. The summed E-state index contributed by atoms with van der Waals surface area (Å²) in [7, 11) is 0. The number of hydrogen-bond acceptors (Lipinski definition) is 6. The van der Waals surface area contributed by atoms with E-state index in [-0.39, 0.29) is 0 Å². The van der Waals surface area contributed by atoms with Crippen molar-refractivity contribution in [2.24, 2.45) is 0 Å². The van der Waals surface area contributed by atoms with Crippen molar-refractivity contribution in [1.82, 2.24) is 29.9 Å². The van der Waals surface area contributed by atoms with E-state index in [2.05, 4.69) is 194 Å². The first-order valence-electron chi connectivity index (χ1n) is 24.2. The van der Waals surface area contributed by atoms with Gasteiger partial charge in [0, 0.05) is 56.5 Å². The minimum Gasteiger partial charge on any atom is -0.256 e. The summed E-state index contributed by atoms with van der Waals surface area (Å²) in [4.78, 5) is 30.7. The predicted octanol–water partition coefficient (Wildman–Crippen LogP) is 16.6. The van der Waals surface area contributed by atoms with E-state index in [0.29, 0.717) is 11.6 Å². The molecule has 6 nitrogen and oxygen atoms in total. The molecule has 14 rings (SSSR count). The average molecular weight is 917 g/mol. The molecular formula is C66H40N6. The number of rotatable bonds is 7. The Labute approximate surface area is 414 Å². The molecule has 334 valence electrons. The summed E-state index contributed by atoms with van der Waals surface area (Å²) >= 11 is 0. The van der Waals surface area contributed by atoms with E-state index >= 15 is 0 Å². The first-order chi connectivity index (χ1) is 35.6. The van der Waals surface area contributed by atoms with Gasteiger partial charge in [0.2, 0.25) is 0 Å². The number of pyridine rings is 2. The Kier molecular flexibility index (Phi) is 9.74. The number of aromatic nitrogens is 6. The molecule has 0 fully saturated rings. The Morgan fingerprint density at radius 1 is 0.222 bits per heavy atom. The quantitative estimate of drug-likeness (QED) is 0.148. The van der Waals surface area contributed by atoms with Crippen molar-refractivity contribution in [2.45, 2.75) is 0 Å². The highest BCUT2D eigenvalue weighted by Gasteiger charge is 2.18. The molecule has 0 saturated heterocycles. The molecule has 0 aliphatic rings. The van der Waals surface area contributed by atoms with Crippen molar-refractivity contribution in [2.75, 3.05) is 0 Å². The highest BCUT2D eigenvalue weighted by atomic mass is 14.9. The lowest BCUT2D eigenvalue weighted by atomic mass is 9.95. The molecule has 4 aromatic heterocycles. The van der Waals surface area contributed by atoms with Crippen LogP contribution in [0.2, 0.25) is 0 Å². The van der Waals surface area contributed by atoms with Crippen LogP contribution in [0.15, 0.2) is 243 Å². The minimum atomic E-state index is 0.642. The molecule has 0 radical (unpaired) electrons. The van der Waals surface area contributed by atoms with Gasteiger partial charge in [0.05, 0.1) is 33.8 Å². The maximum Gasteiger partial charge on any atom is 0.160 e. The zero-order chi connectivity index (χ0) is 47.5. The molecule has 0 unspecified atom stereocenters. The second-order valence-corrected chi connectivity index (χ2v) is 18.3. The molecule has 0 amide bonds. The van der Waals surface area contributed by atoms with Gasteiger partial charge in [-0.3, -0.25) is 9.97 Å².